The van der Waals surface area contributed by atoms with E-state index in [9.17, 15) is 15.0 Å². The zero-order valence-corrected chi connectivity index (χ0v) is 11.7. The summed E-state index contributed by atoms with van der Waals surface area (Å²) in [6.45, 7) is -0.422. The first-order chi connectivity index (χ1) is 11.1. The largest absolute Gasteiger partial charge is 0.394 e. The first kappa shape index (κ1) is 14.2. The lowest BCUT2D eigenvalue weighted by Crippen LogP contribution is -2.33. The summed E-state index contributed by atoms with van der Waals surface area (Å²) in [7, 11) is 0. The standard InChI is InChI=1S/C13H13N5O5/c19-3-6-9(21)10(22)13(23-6)18-5-14-8-11(18)15-4-17-2-1-7(20)16-12(8)17/h1-2,4-6,9-10,13,19,21-22H,3H2/t6-,9+,10+,13+/m0/s1. The van der Waals surface area contributed by atoms with Crippen LogP contribution in [0.3, 0.4) is 0 Å². The molecule has 3 N–H and O–H groups in total. The van der Waals surface area contributed by atoms with Crippen LogP contribution in [-0.4, -0.2) is 64.2 Å². The predicted molar refractivity (Wildman–Crippen MR) is 75.6 cm³/mol. The van der Waals surface area contributed by atoms with Crippen molar-refractivity contribution in [3.8, 4) is 0 Å². The molecule has 4 rings (SSSR count). The first-order valence-corrected chi connectivity index (χ1v) is 6.93. The molecular formula is C13H13N5O5. The van der Waals surface area contributed by atoms with E-state index in [1.807, 2.05) is 0 Å². The summed E-state index contributed by atoms with van der Waals surface area (Å²) in [6.07, 6.45) is 0.0759. The van der Waals surface area contributed by atoms with Crippen LogP contribution in [0.15, 0.2) is 29.7 Å². The molecule has 3 aromatic heterocycles. The van der Waals surface area contributed by atoms with Crippen LogP contribution in [0.1, 0.15) is 6.23 Å². The number of ether oxygens (including phenoxy) is 1. The van der Waals surface area contributed by atoms with Crippen LogP contribution in [0.5, 0.6) is 0 Å². The number of nitrogens with zero attached hydrogens (tertiary/aromatic N) is 5. The van der Waals surface area contributed by atoms with Crippen molar-refractivity contribution in [1.82, 2.24) is 23.9 Å². The van der Waals surface area contributed by atoms with Gasteiger partial charge in [0.05, 0.1) is 12.9 Å². The SMILES string of the molecule is O=c1ccn2cnc3c(ncn3[C@@H]3O[C@@H](CO)[C@@H](O)[C@H]3O)c2n1. The monoisotopic (exact) mass is 319 g/mol. The molecule has 0 aliphatic carbocycles. The number of fused-ring (bicyclic) bond motifs is 3. The third-order valence-electron chi connectivity index (χ3n) is 3.91. The summed E-state index contributed by atoms with van der Waals surface area (Å²) in [5.41, 5.74) is 0.633. The van der Waals surface area contributed by atoms with Crippen molar-refractivity contribution in [3.63, 3.8) is 0 Å². The van der Waals surface area contributed by atoms with Gasteiger partial charge in [-0.1, -0.05) is 0 Å². The van der Waals surface area contributed by atoms with Crippen molar-refractivity contribution in [2.75, 3.05) is 6.61 Å². The molecule has 0 aromatic carbocycles. The molecule has 120 valence electrons. The molecular weight excluding hydrogens is 306 g/mol. The van der Waals surface area contributed by atoms with Gasteiger partial charge in [0.25, 0.3) is 5.56 Å². The Morgan fingerprint density at radius 1 is 1.17 bits per heavy atom. The van der Waals surface area contributed by atoms with E-state index in [0.717, 1.165) is 0 Å². The Bertz CT molecular complexity index is 937. The van der Waals surface area contributed by atoms with Crippen LogP contribution < -0.4 is 5.56 Å². The average Bonchev–Trinajstić information content (AvgIpc) is 3.10. The second-order valence-electron chi connectivity index (χ2n) is 5.29. The van der Waals surface area contributed by atoms with E-state index in [2.05, 4.69) is 15.0 Å². The highest BCUT2D eigenvalue weighted by molar-refractivity contribution is 5.84. The summed E-state index contributed by atoms with van der Waals surface area (Å²) in [4.78, 5) is 23.8. The smallest absolute Gasteiger partial charge is 0.273 e. The molecule has 1 saturated heterocycles. The van der Waals surface area contributed by atoms with Crippen molar-refractivity contribution in [1.29, 1.82) is 0 Å². The molecule has 3 aromatic rings. The summed E-state index contributed by atoms with van der Waals surface area (Å²) >= 11 is 0. The van der Waals surface area contributed by atoms with Crippen LogP contribution in [-0.2, 0) is 4.74 Å². The summed E-state index contributed by atoms with van der Waals surface area (Å²) in [5.74, 6) is 0. The lowest BCUT2D eigenvalue weighted by atomic mass is 10.1. The number of hydrogen-bond donors (Lipinski definition) is 3. The number of aliphatic hydroxyl groups is 3. The van der Waals surface area contributed by atoms with Crippen LogP contribution in [0.2, 0.25) is 0 Å². The van der Waals surface area contributed by atoms with Gasteiger partial charge < -0.3 is 20.1 Å². The minimum atomic E-state index is -1.24. The van der Waals surface area contributed by atoms with Gasteiger partial charge in [-0.25, -0.2) is 9.97 Å². The van der Waals surface area contributed by atoms with Crippen LogP contribution in [0.25, 0.3) is 16.8 Å². The highest BCUT2D eigenvalue weighted by atomic mass is 16.6. The third kappa shape index (κ3) is 2.04. The molecule has 0 spiro atoms. The Hall–Kier alpha value is -2.40. The van der Waals surface area contributed by atoms with Gasteiger partial charge >= 0.3 is 0 Å². The zero-order valence-electron chi connectivity index (χ0n) is 11.7. The van der Waals surface area contributed by atoms with Crippen molar-refractivity contribution < 1.29 is 20.1 Å². The Kier molecular flexibility index (Phi) is 3.13. The molecule has 4 atom stereocenters. The minimum Gasteiger partial charge on any atom is -0.394 e. The number of rotatable bonds is 2. The van der Waals surface area contributed by atoms with E-state index >= 15 is 0 Å². The van der Waals surface area contributed by atoms with Gasteiger partial charge in [-0.3, -0.25) is 13.8 Å². The van der Waals surface area contributed by atoms with E-state index in [0.29, 0.717) is 16.8 Å². The Labute approximate surface area is 128 Å². The second kappa shape index (κ2) is 5.06. The number of aromatic nitrogens is 5. The van der Waals surface area contributed by atoms with Crippen molar-refractivity contribution in [2.45, 2.75) is 24.5 Å². The van der Waals surface area contributed by atoms with E-state index < -0.39 is 36.7 Å². The van der Waals surface area contributed by atoms with Crippen LogP contribution in [0.4, 0.5) is 0 Å². The molecule has 1 fully saturated rings. The van der Waals surface area contributed by atoms with Gasteiger partial charge in [-0.15, -0.1) is 0 Å². The molecule has 1 aliphatic rings. The van der Waals surface area contributed by atoms with Gasteiger partial charge in [0, 0.05) is 12.3 Å². The minimum absolute atomic E-state index is 0.327. The third-order valence-corrected chi connectivity index (χ3v) is 3.91. The molecule has 10 nitrogen and oxygen atoms in total. The molecule has 23 heavy (non-hydrogen) atoms. The Balaban J connectivity index is 1.88. The summed E-state index contributed by atoms with van der Waals surface area (Å²) < 4.78 is 8.46. The highest BCUT2D eigenvalue weighted by Gasteiger charge is 2.43. The van der Waals surface area contributed by atoms with Gasteiger partial charge in [-0.05, 0) is 0 Å². The Morgan fingerprint density at radius 3 is 2.74 bits per heavy atom. The van der Waals surface area contributed by atoms with Gasteiger partial charge in [0.2, 0.25) is 0 Å². The maximum absolute atomic E-state index is 11.5. The van der Waals surface area contributed by atoms with Crippen molar-refractivity contribution >= 4 is 16.8 Å². The molecule has 0 amide bonds. The Morgan fingerprint density at radius 2 is 2.00 bits per heavy atom. The molecule has 0 bridgehead atoms. The molecule has 4 heterocycles. The molecule has 0 unspecified atom stereocenters. The zero-order chi connectivity index (χ0) is 16.1. The van der Waals surface area contributed by atoms with Gasteiger partial charge in [0.1, 0.15) is 24.6 Å². The maximum Gasteiger partial charge on any atom is 0.273 e. The van der Waals surface area contributed by atoms with E-state index in [1.165, 1.54) is 29.5 Å². The number of hydrogen-bond acceptors (Lipinski definition) is 8. The molecule has 0 radical (unpaired) electrons. The fraction of sp³-hybridized carbons (Fsp3) is 0.385. The summed E-state index contributed by atoms with van der Waals surface area (Å²) in [6, 6.07) is 1.31. The van der Waals surface area contributed by atoms with E-state index in [-0.39, 0.29) is 0 Å². The van der Waals surface area contributed by atoms with E-state index in [4.69, 9.17) is 9.84 Å². The summed E-state index contributed by atoms with van der Waals surface area (Å²) in [5, 5.41) is 29.1. The van der Waals surface area contributed by atoms with Crippen molar-refractivity contribution in [2.24, 2.45) is 0 Å². The number of aliphatic hydroxyl groups excluding tert-OH is 3. The highest BCUT2D eigenvalue weighted by Crippen LogP contribution is 2.31. The fourth-order valence-corrected chi connectivity index (χ4v) is 2.74. The molecule has 1 aliphatic heterocycles. The number of imidazole rings is 1. The van der Waals surface area contributed by atoms with Crippen LogP contribution in [0, 0.1) is 0 Å². The van der Waals surface area contributed by atoms with Gasteiger partial charge in [-0.2, -0.15) is 4.98 Å². The predicted octanol–water partition coefficient (Wildman–Crippen LogP) is -1.95. The maximum atomic E-state index is 11.5. The molecule has 0 saturated carbocycles. The lowest BCUT2D eigenvalue weighted by molar-refractivity contribution is -0.0511. The average molecular weight is 319 g/mol. The molecule has 10 heteroatoms. The quantitative estimate of drug-likeness (QED) is 0.496. The van der Waals surface area contributed by atoms with E-state index in [1.54, 1.807) is 4.40 Å². The van der Waals surface area contributed by atoms with Crippen LogP contribution >= 0.6 is 0 Å². The lowest BCUT2D eigenvalue weighted by Gasteiger charge is -2.16. The topological polar surface area (TPSA) is 135 Å². The van der Waals surface area contributed by atoms with Gasteiger partial charge in [0.15, 0.2) is 23.0 Å². The fourth-order valence-electron chi connectivity index (χ4n) is 2.74. The second-order valence-corrected chi connectivity index (χ2v) is 5.29. The first-order valence-electron chi connectivity index (χ1n) is 6.93. The van der Waals surface area contributed by atoms with Crippen molar-refractivity contribution in [3.05, 3.63) is 35.3 Å². The normalized spacial score (nSPS) is 28.0.